The first-order chi connectivity index (χ1) is 7.05. The van der Waals surface area contributed by atoms with Gasteiger partial charge in [0.25, 0.3) is 0 Å². The van der Waals surface area contributed by atoms with Crippen LogP contribution in [0, 0.1) is 0 Å². The van der Waals surface area contributed by atoms with Crippen molar-refractivity contribution >= 4 is 11.8 Å². The molecule has 1 aliphatic rings. The SMILES string of the molecule is FC(F)(F)c1cccc(SC2CCC2)c1. The van der Waals surface area contributed by atoms with Crippen molar-refractivity contribution in [2.75, 3.05) is 0 Å². The lowest BCUT2D eigenvalue weighted by Gasteiger charge is -2.24. The fraction of sp³-hybridized carbons (Fsp3) is 0.455. The molecule has 1 fully saturated rings. The Bertz CT molecular complexity index is 342. The largest absolute Gasteiger partial charge is 0.416 e. The molecule has 0 radical (unpaired) electrons. The van der Waals surface area contributed by atoms with Crippen LogP contribution in [-0.2, 0) is 6.18 Å². The van der Waals surface area contributed by atoms with E-state index < -0.39 is 11.7 Å². The van der Waals surface area contributed by atoms with Gasteiger partial charge in [-0.15, -0.1) is 11.8 Å². The first kappa shape index (κ1) is 10.9. The van der Waals surface area contributed by atoms with Crippen LogP contribution in [0.5, 0.6) is 0 Å². The van der Waals surface area contributed by atoms with Gasteiger partial charge in [0.1, 0.15) is 0 Å². The predicted molar refractivity (Wildman–Crippen MR) is 54.9 cm³/mol. The van der Waals surface area contributed by atoms with Gasteiger partial charge < -0.3 is 0 Å². The Morgan fingerprint density at radius 2 is 1.93 bits per heavy atom. The van der Waals surface area contributed by atoms with E-state index in [9.17, 15) is 13.2 Å². The third-order valence-electron chi connectivity index (χ3n) is 2.52. The van der Waals surface area contributed by atoms with Gasteiger partial charge in [0.15, 0.2) is 0 Å². The monoisotopic (exact) mass is 232 g/mol. The Kier molecular flexibility index (Phi) is 2.96. The smallest absolute Gasteiger partial charge is 0.166 e. The minimum absolute atomic E-state index is 0.522. The highest BCUT2D eigenvalue weighted by atomic mass is 32.2. The van der Waals surface area contributed by atoms with Crippen LogP contribution in [-0.4, -0.2) is 5.25 Å². The van der Waals surface area contributed by atoms with Gasteiger partial charge in [0.05, 0.1) is 5.56 Å². The normalized spacial score (nSPS) is 17.5. The van der Waals surface area contributed by atoms with Gasteiger partial charge in [0.2, 0.25) is 0 Å². The van der Waals surface area contributed by atoms with E-state index in [1.807, 2.05) is 0 Å². The molecular weight excluding hydrogens is 221 g/mol. The minimum Gasteiger partial charge on any atom is -0.166 e. The van der Waals surface area contributed by atoms with Crippen LogP contribution in [0.1, 0.15) is 24.8 Å². The molecule has 0 amide bonds. The minimum atomic E-state index is -4.23. The zero-order chi connectivity index (χ0) is 10.9. The third-order valence-corrected chi connectivity index (χ3v) is 3.85. The van der Waals surface area contributed by atoms with E-state index in [-0.39, 0.29) is 0 Å². The number of rotatable bonds is 2. The molecule has 0 nitrogen and oxygen atoms in total. The van der Waals surface area contributed by atoms with Crippen molar-refractivity contribution in [3.63, 3.8) is 0 Å². The van der Waals surface area contributed by atoms with Crippen LogP contribution in [0.25, 0.3) is 0 Å². The summed E-state index contributed by atoms with van der Waals surface area (Å²) in [5.41, 5.74) is -0.549. The molecule has 0 bridgehead atoms. The van der Waals surface area contributed by atoms with Crippen LogP contribution < -0.4 is 0 Å². The molecule has 0 heterocycles. The molecule has 0 aliphatic heterocycles. The molecule has 0 unspecified atom stereocenters. The van der Waals surface area contributed by atoms with E-state index in [1.165, 1.54) is 18.6 Å². The van der Waals surface area contributed by atoms with Gasteiger partial charge in [-0.3, -0.25) is 0 Å². The topological polar surface area (TPSA) is 0 Å². The number of hydrogen-bond donors (Lipinski definition) is 0. The van der Waals surface area contributed by atoms with E-state index in [0.717, 1.165) is 23.8 Å². The van der Waals surface area contributed by atoms with Gasteiger partial charge in [-0.2, -0.15) is 13.2 Å². The summed E-state index contributed by atoms with van der Waals surface area (Å²) in [5.74, 6) is 0. The van der Waals surface area contributed by atoms with Gasteiger partial charge >= 0.3 is 6.18 Å². The van der Waals surface area contributed by atoms with Crippen molar-refractivity contribution in [3.8, 4) is 0 Å². The van der Waals surface area contributed by atoms with Gasteiger partial charge in [-0.1, -0.05) is 12.5 Å². The van der Waals surface area contributed by atoms with Gasteiger partial charge in [0, 0.05) is 10.1 Å². The molecule has 0 aromatic heterocycles. The number of halogens is 3. The van der Waals surface area contributed by atoms with Gasteiger partial charge in [-0.05, 0) is 31.0 Å². The maximum absolute atomic E-state index is 12.4. The Labute approximate surface area is 90.9 Å². The second-order valence-electron chi connectivity index (χ2n) is 3.70. The lowest BCUT2D eigenvalue weighted by Crippen LogP contribution is -2.13. The summed E-state index contributed by atoms with van der Waals surface area (Å²) in [7, 11) is 0. The fourth-order valence-corrected chi connectivity index (χ4v) is 2.73. The molecule has 1 aromatic carbocycles. The highest BCUT2D eigenvalue weighted by Gasteiger charge is 2.30. The average Bonchev–Trinajstić information content (AvgIpc) is 2.11. The highest BCUT2D eigenvalue weighted by molar-refractivity contribution is 8.00. The molecule has 0 spiro atoms. The van der Waals surface area contributed by atoms with Crippen LogP contribution in [0.3, 0.4) is 0 Å². The summed E-state index contributed by atoms with van der Waals surface area (Å²) in [4.78, 5) is 0.731. The molecule has 1 aromatic rings. The zero-order valence-corrected chi connectivity index (χ0v) is 8.87. The lowest BCUT2D eigenvalue weighted by atomic mass is 10.00. The summed E-state index contributed by atoms with van der Waals surface area (Å²) < 4.78 is 37.2. The summed E-state index contributed by atoms with van der Waals surface area (Å²) >= 11 is 1.56. The quantitative estimate of drug-likeness (QED) is 0.730. The first-order valence-corrected chi connectivity index (χ1v) is 5.77. The summed E-state index contributed by atoms with van der Waals surface area (Å²) in [6.45, 7) is 0. The molecule has 0 atom stereocenters. The third kappa shape index (κ3) is 2.68. The van der Waals surface area contributed by atoms with E-state index in [1.54, 1.807) is 17.8 Å². The van der Waals surface area contributed by atoms with E-state index >= 15 is 0 Å². The van der Waals surface area contributed by atoms with Crippen LogP contribution in [0.4, 0.5) is 13.2 Å². The van der Waals surface area contributed by atoms with Gasteiger partial charge in [-0.25, -0.2) is 0 Å². The fourth-order valence-electron chi connectivity index (χ4n) is 1.43. The Morgan fingerprint density at radius 1 is 1.20 bits per heavy atom. The number of alkyl halides is 3. The van der Waals surface area contributed by atoms with Crippen LogP contribution in [0.15, 0.2) is 29.2 Å². The molecular formula is C11H11F3S. The van der Waals surface area contributed by atoms with E-state index in [0.29, 0.717) is 5.25 Å². The molecule has 1 aliphatic carbocycles. The van der Waals surface area contributed by atoms with Crippen molar-refractivity contribution in [1.29, 1.82) is 0 Å². The Balaban J connectivity index is 2.11. The van der Waals surface area contributed by atoms with Crippen molar-refractivity contribution < 1.29 is 13.2 Å². The van der Waals surface area contributed by atoms with Crippen molar-refractivity contribution in [2.45, 2.75) is 35.6 Å². The van der Waals surface area contributed by atoms with E-state index in [2.05, 4.69) is 0 Å². The average molecular weight is 232 g/mol. The molecule has 15 heavy (non-hydrogen) atoms. The first-order valence-electron chi connectivity index (χ1n) is 4.89. The molecule has 0 N–H and O–H groups in total. The molecule has 0 saturated heterocycles. The molecule has 82 valence electrons. The molecule has 4 heteroatoms. The van der Waals surface area contributed by atoms with Crippen LogP contribution in [0.2, 0.25) is 0 Å². The van der Waals surface area contributed by atoms with Crippen LogP contribution >= 0.6 is 11.8 Å². The highest BCUT2D eigenvalue weighted by Crippen LogP contribution is 2.38. The zero-order valence-electron chi connectivity index (χ0n) is 8.05. The Hall–Kier alpha value is -0.640. The Morgan fingerprint density at radius 3 is 2.47 bits per heavy atom. The summed E-state index contributed by atoms with van der Waals surface area (Å²) in [6, 6.07) is 5.58. The lowest BCUT2D eigenvalue weighted by molar-refractivity contribution is -0.137. The van der Waals surface area contributed by atoms with Crippen molar-refractivity contribution in [3.05, 3.63) is 29.8 Å². The maximum atomic E-state index is 12.4. The van der Waals surface area contributed by atoms with Crippen molar-refractivity contribution in [2.24, 2.45) is 0 Å². The summed E-state index contributed by atoms with van der Waals surface area (Å²) in [6.07, 6.45) is -0.769. The standard InChI is InChI=1S/C11H11F3S/c12-11(13,14)8-3-1-6-10(7-8)15-9-4-2-5-9/h1,3,6-7,9H,2,4-5H2. The second kappa shape index (κ2) is 4.08. The number of thioether (sulfide) groups is 1. The molecule has 2 rings (SSSR count). The predicted octanol–water partition coefficient (Wildman–Crippen LogP) is 4.35. The number of hydrogen-bond acceptors (Lipinski definition) is 1. The maximum Gasteiger partial charge on any atom is 0.416 e. The number of benzene rings is 1. The van der Waals surface area contributed by atoms with Crippen molar-refractivity contribution in [1.82, 2.24) is 0 Å². The summed E-state index contributed by atoms with van der Waals surface area (Å²) in [5, 5.41) is 0.522. The second-order valence-corrected chi connectivity index (χ2v) is 5.07. The van der Waals surface area contributed by atoms with E-state index in [4.69, 9.17) is 0 Å². The molecule has 1 saturated carbocycles.